The van der Waals surface area contributed by atoms with Crippen LogP contribution in [0.5, 0.6) is 0 Å². The van der Waals surface area contributed by atoms with Crippen molar-refractivity contribution in [3.63, 3.8) is 0 Å². The van der Waals surface area contributed by atoms with Gasteiger partial charge in [-0.25, -0.2) is 5.43 Å². The predicted octanol–water partition coefficient (Wildman–Crippen LogP) is 3.58. The highest BCUT2D eigenvalue weighted by Gasteiger charge is 2.14. The number of aromatic nitrogens is 3. The van der Waals surface area contributed by atoms with Crippen LogP contribution < -0.4 is 5.43 Å². The number of benzene rings is 1. The molecule has 1 amide bonds. The van der Waals surface area contributed by atoms with Crippen LogP contribution in [0.3, 0.4) is 0 Å². The summed E-state index contributed by atoms with van der Waals surface area (Å²) in [5, 5.41) is 15.2. The van der Waals surface area contributed by atoms with Gasteiger partial charge in [0.25, 0.3) is 5.91 Å². The second-order valence-corrected chi connectivity index (χ2v) is 7.36. The maximum atomic E-state index is 12.0. The lowest BCUT2D eigenvalue weighted by Gasteiger charge is -2.06. The van der Waals surface area contributed by atoms with Crippen LogP contribution in [-0.4, -0.2) is 32.6 Å². The molecule has 0 aliphatic carbocycles. The Bertz CT molecular complexity index is 901. The summed E-state index contributed by atoms with van der Waals surface area (Å²) in [5.74, 6) is 0.864. The van der Waals surface area contributed by atoms with E-state index < -0.39 is 0 Å². The van der Waals surface area contributed by atoms with Gasteiger partial charge in [-0.3, -0.25) is 4.79 Å². The predicted molar refractivity (Wildman–Crippen MR) is 107 cm³/mol. The lowest BCUT2D eigenvalue weighted by molar-refractivity contribution is -0.118. The standard InChI is InChI=1S/C18H19N5OS2/c1-3-23-17(14-7-5-4-6-8-14)21-22-18(23)26-12-16(24)20-19-11-15-13(2)9-10-25-15/h4-11H,3,12H2,1-2H3,(H,20,24)/b19-11+. The molecule has 134 valence electrons. The fourth-order valence-corrected chi connectivity index (χ4v) is 3.90. The highest BCUT2D eigenvalue weighted by atomic mass is 32.2. The molecule has 0 saturated carbocycles. The van der Waals surface area contributed by atoms with Gasteiger partial charge in [-0.05, 0) is 30.9 Å². The molecule has 8 heteroatoms. The van der Waals surface area contributed by atoms with E-state index >= 15 is 0 Å². The van der Waals surface area contributed by atoms with Gasteiger partial charge in [0.15, 0.2) is 11.0 Å². The molecule has 0 spiro atoms. The minimum Gasteiger partial charge on any atom is -0.302 e. The van der Waals surface area contributed by atoms with Crippen molar-refractivity contribution in [3.05, 3.63) is 52.2 Å². The molecule has 1 aromatic carbocycles. The molecule has 0 aliphatic rings. The molecule has 3 aromatic rings. The first-order chi connectivity index (χ1) is 12.7. The van der Waals surface area contributed by atoms with Crippen LogP contribution in [0.25, 0.3) is 11.4 Å². The number of hydrogen-bond donors (Lipinski definition) is 1. The lowest BCUT2D eigenvalue weighted by atomic mass is 10.2. The van der Waals surface area contributed by atoms with Crippen molar-refractivity contribution in [2.45, 2.75) is 25.5 Å². The molecule has 0 bridgehead atoms. The molecule has 0 saturated heterocycles. The molecular weight excluding hydrogens is 366 g/mol. The SMILES string of the molecule is CCn1c(SCC(=O)N/N=C/c2sccc2C)nnc1-c1ccccc1. The van der Waals surface area contributed by atoms with E-state index in [2.05, 4.69) is 20.7 Å². The van der Waals surface area contributed by atoms with Crippen LogP contribution in [0.2, 0.25) is 0 Å². The molecule has 0 fully saturated rings. The summed E-state index contributed by atoms with van der Waals surface area (Å²) >= 11 is 2.94. The number of nitrogens with zero attached hydrogens (tertiary/aromatic N) is 4. The van der Waals surface area contributed by atoms with Gasteiger partial charge in [0.05, 0.1) is 12.0 Å². The van der Waals surface area contributed by atoms with Crippen molar-refractivity contribution in [1.29, 1.82) is 0 Å². The Balaban J connectivity index is 1.59. The van der Waals surface area contributed by atoms with E-state index in [1.54, 1.807) is 17.6 Å². The molecule has 6 nitrogen and oxygen atoms in total. The molecule has 0 radical (unpaired) electrons. The first kappa shape index (κ1) is 18.3. The Labute approximate surface area is 160 Å². The lowest BCUT2D eigenvalue weighted by Crippen LogP contribution is -2.20. The summed E-state index contributed by atoms with van der Waals surface area (Å²) in [7, 11) is 0. The van der Waals surface area contributed by atoms with E-state index in [0.717, 1.165) is 33.5 Å². The molecule has 2 aromatic heterocycles. The first-order valence-electron chi connectivity index (χ1n) is 8.16. The average Bonchev–Trinajstić information content (AvgIpc) is 3.26. The number of hydrazone groups is 1. The van der Waals surface area contributed by atoms with Gasteiger partial charge in [0.2, 0.25) is 0 Å². The van der Waals surface area contributed by atoms with E-state index in [1.165, 1.54) is 11.8 Å². The van der Waals surface area contributed by atoms with Crippen molar-refractivity contribution < 1.29 is 4.79 Å². The zero-order valence-corrected chi connectivity index (χ0v) is 16.2. The molecule has 2 heterocycles. The summed E-state index contributed by atoms with van der Waals surface area (Å²) in [4.78, 5) is 13.0. The van der Waals surface area contributed by atoms with E-state index in [-0.39, 0.29) is 11.7 Å². The molecule has 26 heavy (non-hydrogen) atoms. The maximum Gasteiger partial charge on any atom is 0.250 e. The van der Waals surface area contributed by atoms with Crippen molar-refractivity contribution in [1.82, 2.24) is 20.2 Å². The Morgan fingerprint density at radius 3 is 2.81 bits per heavy atom. The fourth-order valence-electron chi connectivity index (χ4n) is 2.32. The number of hydrogen-bond acceptors (Lipinski definition) is 6. The van der Waals surface area contributed by atoms with Crippen molar-refractivity contribution in [2.24, 2.45) is 5.10 Å². The van der Waals surface area contributed by atoms with Gasteiger partial charge < -0.3 is 4.57 Å². The van der Waals surface area contributed by atoms with Crippen LogP contribution in [0.15, 0.2) is 52.0 Å². The normalized spacial score (nSPS) is 11.2. The number of carbonyl (C=O) groups is 1. The number of carbonyl (C=O) groups excluding carboxylic acids is 1. The van der Waals surface area contributed by atoms with E-state index in [9.17, 15) is 4.79 Å². The van der Waals surface area contributed by atoms with Gasteiger partial charge in [0, 0.05) is 17.0 Å². The summed E-state index contributed by atoms with van der Waals surface area (Å²) in [6.07, 6.45) is 1.67. The Morgan fingerprint density at radius 2 is 2.12 bits per heavy atom. The van der Waals surface area contributed by atoms with Crippen molar-refractivity contribution in [3.8, 4) is 11.4 Å². The maximum absolute atomic E-state index is 12.0. The zero-order valence-electron chi connectivity index (χ0n) is 14.5. The summed E-state index contributed by atoms with van der Waals surface area (Å²) in [6, 6.07) is 11.9. The van der Waals surface area contributed by atoms with Crippen LogP contribution >= 0.6 is 23.1 Å². The Hall–Kier alpha value is -2.45. The third-order valence-corrected chi connectivity index (χ3v) is 5.59. The minimum absolute atomic E-state index is 0.174. The zero-order chi connectivity index (χ0) is 18.4. The second kappa shape index (κ2) is 8.77. The van der Waals surface area contributed by atoms with Crippen molar-refractivity contribution >= 4 is 35.2 Å². The van der Waals surface area contributed by atoms with Gasteiger partial charge in [0.1, 0.15) is 0 Å². The second-order valence-electron chi connectivity index (χ2n) is 5.47. The van der Waals surface area contributed by atoms with Gasteiger partial charge >= 0.3 is 0 Å². The van der Waals surface area contributed by atoms with Crippen LogP contribution in [0, 0.1) is 6.92 Å². The number of aryl methyl sites for hydroxylation is 1. The van der Waals surface area contributed by atoms with Gasteiger partial charge in [-0.2, -0.15) is 5.10 Å². The molecule has 1 N–H and O–H groups in total. The number of thioether (sulfide) groups is 1. The fraction of sp³-hybridized carbons (Fsp3) is 0.222. The Morgan fingerprint density at radius 1 is 1.31 bits per heavy atom. The van der Waals surface area contributed by atoms with Crippen molar-refractivity contribution in [2.75, 3.05) is 5.75 Å². The van der Waals surface area contributed by atoms with Gasteiger partial charge in [-0.1, -0.05) is 42.1 Å². The number of rotatable bonds is 7. The highest BCUT2D eigenvalue weighted by molar-refractivity contribution is 7.99. The van der Waals surface area contributed by atoms with Gasteiger partial charge in [-0.15, -0.1) is 21.5 Å². The summed E-state index contributed by atoms with van der Waals surface area (Å²) in [5.41, 5.74) is 4.71. The largest absolute Gasteiger partial charge is 0.302 e. The highest BCUT2D eigenvalue weighted by Crippen LogP contribution is 2.23. The first-order valence-corrected chi connectivity index (χ1v) is 10.0. The topological polar surface area (TPSA) is 72.2 Å². The summed E-state index contributed by atoms with van der Waals surface area (Å²) < 4.78 is 2.01. The molecule has 0 unspecified atom stereocenters. The molecule has 0 atom stereocenters. The van der Waals surface area contributed by atoms with Crippen LogP contribution in [-0.2, 0) is 11.3 Å². The molecule has 0 aliphatic heterocycles. The summed E-state index contributed by atoms with van der Waals surface area (Å²) in [6.45, 7) is 4.78. The quantitative estimate of drug-likeness (QED) is 0.383. The van der Waals surface area contributed by atoms with E-state index in [0.29, 0.717) is 0 Å². The Kier molecular flexibility index (Phi) is 6.19. The third kappa shape index (κ3) is 4.39. The van der Waals surface area contributed by atoms with Crippen LogP contribution in [0.1, 0.15) is 17.4 Å². The van der Waals surface area contributed by atoms with E-state index in [1.807, 2.05) is 60.2 Å². The molecular formula is C18H19N5OS2. The number of thiophene rings is 1. The third-order valence-electron chi connectivity index (χ3n) is 3.67. The minimum atomic E-state index is -0.174. The number of amides is 1. The smallest absolute Gasteiger partial charge is 0.250 e. The molecule has 3 rings (SSSR count). The monoisotopic (exact) mass is 385 g/mol. The average molecular weight is 386 g/mol. The number of nitrogens with one attached hydrogen (secondary N) is 1. The van der Waals surface area contributed by atoms with E-state index in [4.69, 9.17) is 0 Å². The van der Waals surface area contributed by atoms with Crippen LogP contribution in [0.4, 0.5) is 0 Å².